The van der Waals surface area contributed by atoms with Crippen molar-refractivity contribution in [3.63, 3.8) is 0 Å². The van der Waals surface area contributed by atoms with Gasteiger partial charge in [-0.3, -0.25) is 9.36 Å². The Bertz CT molecular complexity index is 1910. The van der Waals surface area contributed by atoms with E-state index < -0.39 is 23.1 Å². The van der Waals surface area contributed by atoms with Gasteiger partial charge in [0, 0.05) is 74.6 Å². The summed E-state index contributed by atoms with van der Waals surface area (Å²) in [7, 11) is 0. The normalized spacial score (nSPS) is 19.7. The molecule has 0 bridgehead atoms. The number of aromatic nitrogens is 4. The van der Waals surface area contributed by atoms with E-state index in [0.717, 1.165) is 0 Å². The maximum absolute atomic E-state index is 15.3. The molecule has 0 spiro atoms. The van der Waals surface area contributed by atoms with E-state index in [1.165, 1.54) is 17.3 Å². The standard InChI is InChI=1S/C35H39FN8O4/c1-22-19-43(32(45)35(47)11-14-41(15-12-35)33(46)48-34(3,4)5)23(2)18-42(22)30-29-26(25-8-6-7-9-27(25)36)20-44(31(29)40-21-39-30)28-16-24(17-37)10-13-38-28/h6-10,13,16,20-23,47H,11-12,14-15,18-19H2,1-5H3/t22-,23+/m0/s1. The lowest BCUT2D eigenvalue weighted by Gasteiger charge is -2.48. The number of rotatable bonds is 4. The Morgan fingerprint density at radius 3 is 2.46 bits per heavy atom. The molecular weight excluding hydrogens is 615 g/mol. The Hall–Kier alpha value is -5.09. The smallest absolute Gasteiger partial charge is 0.410 e. The quantitative estimate of drug-likeness (QED) is 0.332. The number of likely N-dealkylation sites (tertiary alicyclic amines) is 1. The van der Waals surface area contributed by atoms with Gasteiger partial charge in [0.05, 0.1) is 17.0 Å². The third-order valence-electron chi connectivity index (χ3n) is 9.01. The molecule has 5 heterocycles. The summed E-state index contributed by atoms with van der Waals surface area (Å²) in [6.07, 6.45) is 4.51. The van der Waals surface area contributed by atoms with Crippen LogP contribution in [-0.2, 0) is 9.53 Å². The number of hydrogen-bond acceptors (Lipinski definition) is 9. The number of anilines is 1. The van der Waals surface area contributed by atoms with Gasteiger partial charge in [0.25, 0.3) is 5.91 Å². The van der Waals surface area contributed by atoms with Crippen molar-refractivity contribution in [1.82, 2.24) is 29.3 Å². The van der Waals surface area contributed by atoms with Gasteiger partial charge >= 0.3 is 6.09 Å². The summed E-state index contributed by atoms with van der Waals surface area (Å²) < 4.78 is 22.5. The van der Waals surface area contributed by atoms with Crippen LogP contribution in [0.2, 0.25) is 0 Å². The van der Waals surface area contributed by atoms with Crippen LogP contribution < -0.4 is 4.90 Å². The Balaban J connectivity index is 1.30. The Labute approximate surface area is 278 Å². The molecule has 2 atom stereocenters. The minimum Gasteiger partial charge on any atom is -0.444 e. The highest BCUT2D eigenvalue weighted by atomic mass is 19.1. The summed E-state index contributed by atoms with van der Waals surface area (Å²) >= 11 is 0. The fourth-order valence-electron chi connectivity index (χ4n) is 6.51. The summed E-state index contributed by atoms with van der Waals surface area (Å²) in [5.41, 5.74) is -0.402. The maximum atomic E-state index is 15.3. The van der Waals surface area contributed by atoms with Gasteiger partial charge in [0.1, 0.15) is 35.0 Å². The molecular formula is C35H39FN8O4. The number of amides is 2. The second-order valence-corrected chi connectivity index (χ2v) is 13.6. The molecule has 4 aromatic rings. The van der Waals surface area contributed by atoms with Crippen molar-refractivity contribution in [2.45, 2.75) is 70.7 Å². The number of benzene rings is 1. The monoisotopic (exact) mass is 654 g/mol. The zero-order valence-electron chi connectivity index (χ0n) is 27.7. The van der Waals surface area contributed by atoms with Gasteiger partial charge in [0.15, 0.2) is 5.65 Å². The average molecular weight is 655 g/mol. The molecule has 2 amide bonds. The summed E-state index contributed by atoms with van der Waals surface area (Å²) in [6, 6.07) is 11.3. The fourth-order valence-corrected chi connectivity index (χ4v) is 6.51. The van der Waals surface area contributed by atoms with Crippen LogP contribution >= 0.6 is 0 Å². The molecule has 3 aromatic heterocycles. The van der Waals surface area contributed by atoms with E-state index in [1.807, 2.05) is 13.8 Å². The van der Waals surface area contributed by atoms with Gasteiger partial charge < -0.3 is 24.5 Å². The number of pyridine rings is 1. The number of nitriles is 1. The van der Waals surface area contributed by atoms with Gasteiger partial charge in [0.2, 0.25) is 0 Å². The van der Waals surface area contributed by atoms with Crippen LogP contribution in [0.3, 0.4) is 0 Å². The third kappa shape index (κ3) is 6.15. The lowest BCUT2D eigenvalue weighted by atomic mass is 9.88. The van der Waals surface area contributed by atoms with Crippen molar-refractivity contribution in [3.05, 3.63) is 66.5 Å². The summed E-state index contributed by atoms with van der Waals surface area (Å²) in [4.78, 5) is 45.5. The maximum Gasteiger partial charge on any atom is 0.410 e. The molecule has 12 nitrogen and oxygen atoms in total. The predicted molar refractivity (Wildman–Crippen MR) is 177 cm³/mol. The summed E-state index contributed by atoms with van der Waals surface area (Å²) in [5, 5.41) is 21.6. The zero-order valence-corrected chi connectivity index (χ0v) is 27.7. The van der Waals surface area contributed by atoms with E-state index in [-0.39, 0.29) is 43.9 Å². The number of piperazine rings is 1. The molecule has 2 aliphatic heterocycles. The van der Waals surface area contributed by atoms with Crippen LogP contribution in [0.5, 0.6) is 0 Å². The number of carbonyl (C=O) groups is 2. The zero-order chi connectivity index (χ0) is 34.4. The van der Waals surface area contributed by atoms with Gasteiger partial charge in [-0.2, -0.15) is 5.26 Å². The highest BCUT2D eigenvalue weighted by molar-refractivity contribution is 6.02. The summed E-state index contributed by atoms with van der Waals surface area (Å²) in [5.74, 6) is 0.256. The Morgan fingerprint density at radius 1 is 1.04 bits per heavy atom. The first-order chi connectivity index (χ1) is 22.8. The van der Waals surface area contributed by atoms with Crippen LogP contribution in [0.4, 0.5) is 15.0 Å². The Morgan fingerprint density at radius 2 is 1.77 bits per heavy atom. The largest absolute Gasteiger partial charge is 0.444 e. The number of nitrogens with zero attached hydrogens (tertiary/aromatic N) is 8. The molecule has 48 heavy (non-hydrogen) atoms. The van der Waals surface area contributed by atoms with E-state index in [1.54, 1.807) is 73.0 Å². The average Bonchev–Trinajstić information content (AvgIpc) is 3.45. The van der Waals surface area contributed by atoms with Crippen LogP contribution in [0.15, 0.2) is 55.1 Å². The van der Waals surface area contributed by atoms with Crippen LogP contribution in [0.25, 0.3) is 28.0 Å². The SMILES string of the molecule is C[C@@H]1CN(c2ncnc3c2c(-c2ccccc2F)cn3-c2cc(C#N)ccn2)[C@@H](C)CN1C(=O)C1(O)CCN(C(=O)OC(C)(C)C)CC1. The Kier molecular flexibility index (Phi) is 8.55. The number of aliphatic hydroxyl groups is 1. The van der Waals surface area contributed by atoms with Crippen molar-refractivity contribution < 1.29 is 23.8 Å². The molecule has 13 heteroatoms. The number of piperidine rings is 1. The molecule has 2 fully saturated rings. The van der Waals surface area contributed by atoms with Gasteiger partial charge in [-0.05, 0) is 52.8 Å². The van der Waals surface area contributed by atoms with E-state index in [9.17, 15) is 20.0 Å². The van der Waals surface area contributed by atoms with E-state index >= 15 is 4.39 Å². The van der Waals surface area contributed by atoms with E-state index in [4.69, 9.17) is 9.72 Å². The lowest BCUT2D eigenvalue weighted by Crippen LogP contribution is -2.64. The first kappa shape index (κ1) is 32.8. The molecule has 1 aromatic carbocycles. The number of hydrogen-bond donors (Lipinski definition) is 1. The number of carbonyl (C=O) groups excluding carboxylic acids is 2. The second-order valence-electron chi connectivity index (χ2n) is 13.6. The number of fused-ring (bicyclic) bond motifs is 1. The van der Waals surface area contributed by atoms with Gasteiger partial charge in [-0.25, -0.2) is 24.1 Å². The molecule has 0 aliphatic carbocycles. The molecule has 250 valence electrons. The topological polar surface area (TPSA) is 141 Å². The highest BCUT2D eigenvalue weighted by Crippen LogP contribution is 2.39. The lowest BCUT2D eigenvalue weighted by molar-refractivity contribution is -0.159. The van der Waals surface area contributed by atoms with Crippen LogP contribution in [0.1, 0.15) is 53.0 Å². The van der Waals surface area contributed by atoms with Gasteiger partial charge in [-0.1, -0.05) is 18.2 Å². The van der Waals surface area contributed by atoms with Crippen molar-refractivity contribution in [2.75, 3.05) is 31.1 Å². The second kappa shape index (κ2) is 12.5. The minimum absolute atomic E-state index is 0.111. The number of ether oxygens (including phenoxy) is 1. The molecule has 0 unspecified atom stereocenters. The molecule has 6 rings (SSSR count). The minimum atomic E-state index is -1.60. The van der Waals surface area contributed by atoms with Crippen molar-refractivity contribution in [3.8, 4) is 23.0 Å². The molecule has 0 saturated carbocycles. The van der Waals surface area contributed by atoms with E-state index in [0.29, 0.717) is 52.4 Å². The van der Waals surface area contributed by atoms with Gasteiger partial charge in [-0.15, -0.1) is 0 Å². The predicted octanol–water partition coefficient (Wildman–Crippen LogP) is 4.68. The van der Waals surface area contributed by atoms with Crippen molar-refractivity contribution >= 4 is 28.9 Å². The third-order valence-corrected chi connectivity index (χ3v) is 9.01. The molecule has 2 saturated heterocycles. The van der Waals surface area contributed by atoms with Crippen molar-refractivity contribution in [2.24, 2.45) is 0 Å². The first-order valence-corrected chi connectivity index (χ1v) is 16.0. The highest BCUT2D eigenvalue weighted by Gasteiger charge is 2.46. The molecule has 1 N–H and O–H groups in total. The van der Waals surface area contributed by atoms with Crippen LogP contribution in [0, 0.1) is 17.1 Å². The fraction of sp³-hybridized carbons (Fsp3) is 0.429. The molecule has 0 radical (unpaired) electrons. The number of halogens is 1. The summed E-state index contributed by atoms with van der Waals surface area (Å²) in [6.45, 7) is 10.4. The molecule has 2 aliphatic rings. The van der Waals surface area contributed by atoms with Crippen LogP contribution in [-0.4, -0.2) is 95.9 Å². The first-order valence-electron chi connectivity index (χ1n) is 16.0. The van der Waals surface area contributed by atoms with E-state index in [2.05, 4.69) is 20.9 Å². The van der Waals surface area contributed by atoms with Crippen molar-refractivity contribution in [1.29, 1.82) is 5.26 Å².